The molecule has 0 fully saturated rings. The van der Waals surface area contributed by atoms with Crippen molar-refractivity contribution in [2.75, 3.05) is 6.61 Å². The molecule has 190 valence electrons. The predicted octanol–water partition coefficient (Wildman–Crippen LogP) is 4.32. The first-order valence-electron chi connectivity index (χ1n) is 10.6. The number of hydrogen-bond acceptors (Lipinski definition) is 7. The van der Waals surface area contributed by atoms with Gasteiger partial charge in [-0.2, -0.15) is 18.2 Å². The van der Waals surface area contributed by atoms with Gasteiger partial charge in [-0.15, -0.1) is 0 Å². The normalized spacial score (nSPS) is 15.5. The molecule has 36 heavy (non-hydrogen) atoms. The van der Waals surface area contributed by atoms with E-state index in [0.717, 1.165) is 16.9 Å². The number of nitrogens with zero attached hydrogens (tertiary/aromatic N) is 3. The Kier molecular flexibility index (Phi) is 6.80. The highest BCUT2D eigenvalue weighted by atomic mass is 35.5. The number of halogens is 4. The number of aromatic nitrogens is 3. The zero-order valence-corrected chi connectivity index (χ0v) is 20.4. The molecule has 3 aromatic rings. The van der Waals surface area contributed by atoms with E-state index in [0.29, 0.717) is 17.3 Å². The fourth-order valence-corrected chi connectivity index (χ4v) is 4.36. The van der Waals surface area contributed by atoms with Gasteiger partial charge in [0, 0.05) is 22.9 Å². The summed E-state index contributed by atoms with van der Waals surface area (Å²) in [6, 6.07) is 2.16. The predicted molar refractivity (Wildman–Crippen MR) is 123 cm³/mol. The van der Waals surface area contributed by atoms with Crippen LogP contribution in [0.25, 0.3) is 6.01 Å². The van der Waals surface area contributed by atoms with Crippen molar-refractivity contribution < 1.29 is 31.9 Å². The minimum Gasteiger partial charge on any atom is -0.461 e. The van der Waals surface area contributed by atoms with Crippen molar-refractivity contribution in [2.45, 2.75) is 39.0 Å². The third kappa shape index (κ3) is 4.67. The van der Waals surface area contributed by atoms with Crippen LogP contribution in [-0.2, 0) is 23.9 Å². The minimum atomic E-state index is -4.73. The minimum absolute atomic E-state index is 0.0805. The lowest BCUT2D eigenvalue weighted by molar-refractivity contribution is -0.137. The first kappa shape index (κ1) is 25.6. The molecule has 0 aliphatic carbocycles. The number of hydrogen-bond donors (Lipinski definition) is 1. The van der Waals surface area contributed by atoms with Gasteiger partial charge in [-0.3, -0.25) is 9.59 Å². The van der Waals surface area contributed by atoms with Gasteiger partial charge in [-0.25, -0.2) is 9.36 Å². The third-order valence-corrected chi connectivity index (χ3v) is 6.21. The fourth-order valence-electron chi connectivity index (χ4n) is 3.85. The lowest BCUT2D eigenvalue weighted by Gasteiger charge is -2.34. The van der Waals surface area contributed by atoms with E-state index in [9.17, 15) is 27.6 Å². The molecule has 9 nitrogen and oxygen atoms in total. The number of alkyl halides is 3. The maximum atomic E-state index is 13.3. The molecule has 1 aliphatic rings. The molecule has 1 N–H and O–H groups in total. The number of ether oxygens (including phenoxy) is 1. The Morgan fingerprint density at radius 1 is 1.36 bits per heavy atom. The standard InChI is InChI=1S/C22H18ClF3N4O5S/c1-3-34-19(33)16-9-35-20(27-16)30-18(32)12-6-10(2)29(8-15(12)28-21(30)36)17(31)11-4-5-14(23)13(7-11)22(24,25)26/h4-5,7,9-10H,3,6,8H2,1-2H3,(H,28,36)/t10-/m1/s1. The van der Waals surface area contributed by atoms with Crippen LogP contribution in [0, 0.1) is 4.77 Å². The Morgan fingerprint density at radius 2 is 2.08 bits per heavy atom. The fraction of sp³-hybridized carbons (Fsp3) is 0.318. The van der Waals surface area contributed by atoms with Crippen LogP contribution < -0.4 is 5.56 Å². The van der Waals surface area contributed by atoms with Crippen molar-refractivity contribution in [3.63, 3.8) is 0 Å². The Bertz CT molecular complexity index is 1480. The molecule has 0 bridgehead atoms. The average Bonchev–Trinajstić information content (AvgIpc) is 3.28. The molecule has 0 spiro atoms. The van der Waals surface area contributed by atoms with E-state index >= 15 is 0 Å². The van der Waals surface area contributed by atoms with Crippen LogP contribution in [0.5, 0.6) is 0 Å². The summed E-state index contributed by atoms with van der Waals surface area (Å²) in [5, 5.41) is -0.515. The molecule has 1 amide bonds. The number of H-pyrrole nitrogens is 1. The molecule has 1 aromatic carbocycles. The van der Waals surface area contributed by atoms with Gasteiger partial charge in [0.1, 0.15) is 6.26 Å². The van der Waals surface area contributed by atoms with Crippen molar-refractivity contribution in [3.8, 4) is 6.01 Å². The van der Waals surface area contributed by atoms with E-state index in [1.165, 1.54) is 11.0 Å². The number of nitrogens with one attached hydrogen (secondary N) is 1. The Morgan fingerprint density at radius 3 is 2.75 bits per heavy atom. The number of rotatable bonds is 4. The topological polar surface area (TPSA) is 110 Å². The molecule has 1 aliphatic heterocycles. The van der Waals surface area contributed by atoms with E-state index < -0.39 is 40.2 Å². The number of benzene rings is 1. The molecular weight excluding hydrogens is 525 g/mol. The lowest BCUT2D eigenvalue weighted by Crippen LogP contribution is -2.46. The Hall–Kier alpha value is -3.45. The monoisotopic (exact) mass is 542 g/mol. The molecule has 0 radical (unpaired) electrons. The summed E-state index contributed by atoms with van der Waals surface area (Å²) >= 11 is 10.9. The number of oxazole rings is 1. The van der Waals surface area contributed by atoms with E-state index in [-0.39, 0.29) is 41.6 Å². The zero-order chi connectivity index (χ0) is 26.4. The SMILES string of the molecule is CCOC(=O)c1coc(-n2c(=S)[nH]c3c(c2=O)C[C@@H](C)N(C(=O)c2ccc(Cl)c(C(F)(F)F)c2)C3)n1. The van der Waals surface area contributed by atoms with Gasteiger partial charge >= 0.3 is 18.2 Å². The van der Waals surface area contributed by atoms with Gasteiger partial charge in [0.15, 0.2) is 10.5 Å². The lowest BCUT2D eigenvalue weighted by atomic mass is 9.98. The van der Waals surface area contributed by atoms with Crippen LogP contribution in [-0.4, -0.2) is 44.0 Å². The second kappa shape index (κ2) is 9.54. The van der Waals surface area contributed by atoms with Crippen LogP contribution in [0.4, 0.5) is 13.2 Å². The summed E-state index contributed by atoms with van der Waals surface area (Å²) < 4.78 is 50.8. The van der Waals surface area contributed by atoms with Crippen molar-refractivity contribution in [1.82, 2.24) is 19.4 Å². The summed E-state index contributed by atoms with van der Waals surface area (Å²) in [6.45, 7) is 3.32. The average molecular weight is 543 g/mol. The maximum Gasteiger partial charge on any atom is 0.417 e. The summed E-state index contributed by atoms with van der Waals surface area (Å²) in [4.78, 5) is 46.4. The van der Waals surface area contributed by atoms with Crippen molar-refractivity contribution in [3.05, 3.63) is 72.7 Å². The summed E-state index contributed by atoms with van der Waals surface area (Å²) in [5.74, 6) is -1.39. The van der Waals surface area contributed by atoms with Crippen LogP contribution in [0.3, 0.4) is 0 Å². The Labute approximate surface area is 211 Å². The number of carbonyl (C=O) groups excluding carboxylic acids is 2. The van der Waals surface area contributed by atoms with Crippen LogP contribution in [0.1, 0.15) is 51.5 Å². The molecule has 1 atom stereocenters. The highest BCUT2D eigenvalue weighted by Gasteiger charge is 2.36. The number of amides is 1. The van der Waals surface area contributed by atoms with E-state index in [1.807, 2.05) is 0 Å². The number of fused-ring (bicyclic) bond motifs is 1. The number of aromatic amines is 1. The smallest absolute Gasteiger partial charge is 0.417 e. The van der Waals surface area contributed by atoms with Crippen LogP contribution >= 0.6 is 23.8 Å². The molecular formula is C22H18ClF3N4O5S. The largest absolute Gasteiger partial charge is 0.461 e. The summed E-state index contributed by atoms with van der Waals surface area (Å²) in [7, 11) is 0. The highest BCUT2D eigenvalue weighted by Crippen LogP contribution is 2.35. The van der Waals surface area contributed by atoms with E-state index in [1.54, 1.807) is 13.8 Å². The zero-order valence-electron chi connectivity index (χ0n) is 18.8. The molecule has 0 saturated carbocycles. The molecule has 2 aromatic heterocycles. The van der Waals surface area contributed by atoms with Crippen molar-refractivity contribution in [2.24, 2.45) is 0 Å². The highest BCUT2D eigenvalue weighted by molar-refractivity contribution is 7.71. The first-order valence-corrected chi connectivity index (χ1v) is 11.4. The van der Waals surface area contributed by atoms with Gasteiger partial charge in [-0.1, -0.05) is 11.6 Å². The maximum absolute atomic E-state index is 13.3. The second-order valence-corrected chi connectivity index (χ2v) is 8.74. The third-order valence-electron chi connectivity index (χ3n) is 5.59. The number of esters is 1. The molecule has 4 rings (SSSR count). The first-order chi connectivity index (χ1) is 16.9. The van der Waals surface area contributed by atoms with Gasteiger partial charge < -0.3 is 19.0 Å². The molecule has 3 heterocycles. The van der Waals surface area contributed by atoms with Gasteiger partial charge in [0.05, 0.1) is 23.7 Å². The van der Waals surface area contributed by atoms with Gasteiger partial charge in [-0.05, 0) is 50.7 Å². The van der Waals surface area contributed by atoms with Crippen molar-refractivity contribution >= 4 is 35.7 Å². The van der Waals surface area contributed by atoms with E-state index in [4.69, 9.17) is 33.0 Å². The number of carbonyl (C=O) groups is 2. The van der Waals surface area contributed by atoms with Crippen molar-refractivity contribution in [1.29, 1.82) is 0 Å². The van der Waals surface area contributed by atoms with Gasteiger partial charge in [0.25, 0.3) is 11.5 Å². The second-order valence-electron chi connectivity index (χ2n) is 7.94. The van der Waals surface area contributed by atoms with Crippen LogP contribution in [0.2, 0.25) is 5.02 Å². The molecule has 0 saturated heterocycles. The molecule has 14 heteroatoms. The quantitative estimate of drug-likeness (QED) is 0.386. The summed E-state index contributed by atoms with van der Waals surface area (Å²) in [6.07, 6.45) is -3.61. The van der Waals surface area contributed by atoms with Crippen LogP contribution in [0.15, 0.2) is 33.7 Å². The van der Waals surface area contributed by atoms with Gasteiger partial charge in [0.2, 0.25) is 0 Å². The van der Waals surface area contributed by atoms with E-state index in [2.05, 4.69) is 9.97 Å². The summed E-state index contributed by atoms with van der Waals surface area (Å²) in [5.41, 5.74) is -1.39. The molecule has 0 unspecified atom stereocenters. The Balaban J connectivity index is 1.68.